The molecule has 5 rings (SSSR count). The predicted octanol–water partition coefficient (Wildman–Crippen LogP) is 4.14. The zero-order valence-corrected chi connectivity index (χ0v) is 21.0. The van der Waals surface area contributed by atoms with E-state index in [1.54, 1.807) is 6.07 Å². The molecule has 2 atom stereocenters. The number of nitrogens with two attached hydrogens (primary N) is 1. The van der Waals surface area contributed by atoms with E-state index in [1.807, 2.05) is 35.0 Å². The van der Waals surface area contributed by atoms with Crippen LogP contribution < -0.4 is 15.4 Å². The van der Waals surface area contributed by atoms with Gasteiger partial charge < -0.3 is 29.4 Å². The summed E-state index contributed by atoms with van der Waals surface area (Å²) in [5.74, 6) is 0.0727. The van der Waals surface area contributed by atoms with Gasteiger partial charge in [0.1, 0.15) is 24.2 Å². The lowest BCUT2D eigenvalue weighted by molar-refractivity contribution is -0.0127. The molecule has 0 radical (unpaired) electrons. The number of fused-ring (bicyclic) bond motifs is 3. The van der Waals surface area contributed by atoms with E-state index in [9.17, 15) is 4.79 Å². The van der Waals surface area contributed by atoms with Crippen LogP contribution in [-0.2, 0) is 16.2 Å². The van der Waals surface area contributed by atoms with E-state index in [1.165, 1.54) is 0 Å². The van der Waals surface area contributed by atoms with Crippen molar-refractivity contribution in [2.45, 2.75) is 51.0 Å². The number of anilines is 2. The molecule has 1 aromatic carbocycles. The number of amides is 1. The first-order valence-electron chi connectivity index (χ1n) is 11.8. The molecular weight excluding hydrogens is 448 g/mol. The third kappa shape index (κ3) is 4.43. The number of nitrogens with zero attached hydrogens (tertiary/aromatic N) is 3. The number of ether oxygens (including phenoxy) is 3. The average molecular weight is 481 g/mol. The van der Waals surface area contributed by atoms with Gasteiger partial charge in [-0.3, -0.25) is 4.79 Å². The molecule has 4 heterocycles. The number of carbonyl (C=O) groups excluding carboxylic acids is 1. The van der Waals surface area contributed by atoms with Gasteiger partial charge in [0, 0.05) is 32.9 Å². The molecule has 0 unspecified atom stereocenters. The van der Waals surface area contributed by atoms with E-state index in [4.69, 9.17) is 24.9 Å². The second-order valence-electron chi connectivity index (χ2n) is 10.2. The molecule has 0 aliphatic carbocycles. The monoisotopic (exact) mass is 480 g/mol. The van der Waals surface area contributed by atoms with E-state index in [0.29, 0.717) is 31.4 Å². The Hall–Kier alpha value is -2.88. The number of rotatable bonds is 7. The van der Waals surface area contributed by atoms with Gasteiger partial charge in [0.2, 0.25) is 5.88 Å². The van der Waals surface area contributed by atoms with Crippen LogP contribution in [0, 0.1) is 0 Å². The zero-order valence-electron chi connectivity index (χ0n) is 20.0. The van der Waals surface area contributed by atoms with Crippen LogP contribution in [0.1, 0.15) is 16.8 Å². The van der Waals surface area contributed by atoms with Crippen molar-refractivity contribution in [1.29, 1.82) is 0 Å². The molecule has 9 heteroatoms. The maximum atomic E-state index is 12.2. The van der Waals surface area contributed by atoms with Gasteiger partial charge in [-0.25, -0.2) is 0 Å². The third-order valence-electron chi connectivity index (χ3n) is 6.46. The van der Waals surface area contributed by atoms with Crippen LogP contribution in [0.2, 0.25) is 25.7 Å². The molecule has 34 heavy (non-hydrogen) atoms. The van der Waals surface area contributed by atoms with Crippen molar-refractivity contribution in [3.8, 4) is 5.88 Å². The van der Waals surface area contributed by atoms with Crippen LogP contribution in [-0.4, -0.2) is 55.5 Å². The standard InChI is InChI=1S/C25H32N4O4Si/c1-34(2,3)13-12-32-16-28-10-8-17-14-21-25(27-24(17)28)33-22-15-31-11-9-20(22)29(21)19-7-5-4-6-18(19)23(26)30/h4-8,10,14,20,22H,9,11-13,15-16H2,1-3H3,(H2,26,30)/t20-,22-/m0/s1. The maximum absolute atomic E-state index is 12.2. The normalized spacial score (nSPS) is 20.0. The van der Waals surface area contributed by atoms with E-state index < -0.39 is 14.0 Å². The van der Waals surface area contributed by atoms with Gasteiger partial charge in [-0.15, -0.1) is 0 Å². The minimum atomic E-state index is -1.14. The maximum Gasteiger partial charge on any atom is 0.250 e. The van der Waals surface area contributed by atoms with Gasteiger partial charge in [0.05, 0.1) is 23.9 Å². The van der Waals surface area contributed by atoms with Crippen molar-refractivity contribution in [2.24, 2.45) is 5.73 Å². The summed E-state index contributed by atoms with van der Waals surface area (Å²) in [7, 11) is -1.14. The largest absolute Gasteiger partial charge is 0.468 e. The number of aromatic nitrogens is 2. The Morgan fingerprint density at radius 1 is 1.24 bits per heavy atom. The Morgan fingerprint density at radius 3 is 2.85 bits per heavy atom. The summed E-state index contributed by atoms with van der Waals surface area (Å²) < 4.78 is 20.0. The van der Waals surface area contributed by atoms with Gasteiger partial charge in [-0.05, 0) is 36.7 Å². The highest BCUT2D eigenvalue weighted by Gasteiger charge is 2.41. The topological polar surface area (TPSA) is 91.8 Å². The molecule has 2 N–H and O–H groups in total. The average Bonchev–Trinajstić information content (AvgIpc) is 3.20. The van der Waals surface area contributed by atoms with Crippen LogP contribution in [0.25, 0.3) is 11.0 Å². The minimum Gasteiger partial charge on any atom is -0.468 e. The number of pyridine rings is 1. The smallest absolute Gasteiger partial charge is 0.250 e. The summed E-state index contributed by atoms with van der Waals surface area (Å²) >= 11 is 0. The Balaban J connectivity index is 1.53. The van der Waals surface area contributed by atoms with E-state index in [0.717, 1.165) is 41.5 Å². The van der Waals surface area contributed by atoms with Crippen molar-refractivity contribution in [3.05, 3.63) is 48.2 Å². The number of hydrogen-bond donors (Lipinski definition) is 1. The molecule has 8 nitrogen and oxygen atoms in total. The Bertz CT molecular complexity index is 1210. The fourth-order valence-electron chi connectivity index (χ4n) is 4.62. The molecule has 0 saturated carbocycles. The SMILES string of the molecule is C[Si](C)(C)CCOCn1ccc2cc3c(nc21)O[C@H]1COCC[C@@H]1N3c1ccccc1C(N)=O. The van der Waals surface area contributed by atoms with Crippen molar-refractivity contribution < 1.29 is 19.0 Å². The molecule has 0 spiro atoms. The molecule has 2 aliphatic heterocycles. The van der Waals surface area contributed by atoms with Crippen LogP contribution in [0.5, 0.6) is 5.88 Å². The third-order valence-corrected chi connectivity index (χ3v) is 8.17. The molecule has 2 aliphatic rings. The first kappa shape index (κ1) is 22.9. The van der Waals surface area contributed by atoms with E-state index in [2.05, 4.69) is 30.6 Å². The Labute approximate surface area is 200 Å². The second-order valence-corrected chi connectivity index (χ2v) is 15.8. The minimum absolute atomic E-state index is 0.0213. The highest BCUT2D eigenvalue weighted by Crippen LogP contribution is 2.44. The van der Waals surface area contributed by atoms with Gasteiger partial charge in [0.25, 0.3) is 5.91 Å². The first-order chi connectivity index (χ1) is 16.3. The number of benzene rings is 1. The number of para-hydroxylation sites is 1. The van der Waals surface area contributed by atoms with E-state index in [-0.39, 0.29) is 12.1 Å². The summed E-state index contributed by atoms with van der Waals surface area (Å²) in [6.45, 7) is 9.33. The van der Waals surface area contributed by atoms with Crippen molar-refractivity contribution >= 4 is 36.4 Å². The molecule has 1 saturated heterocycles. The quantitative estimate of drug-likeness (QED) is 0.404. The lowest BCUT2D eigenvalue weighted by Crippen LogP contribution is -2.53. The number of carbonyl (C=O) groups is 1. The Kier molecular flexibility index (Phi) is 6.09. The molecule has 2 aromatic heterocycles. The van der Waals surface area contributed by atoms with Crippen LogP contribution in [0.15, 0.2) is 42.6 Å². The predicted molar refractivity (Wildman–Crippen MR) is 135 cm³/mol. The van der Waals surface area contributed by atoms with Gasteiger partial charge in [-0.1, -0.05) is 31.8 Å². The molecular formula is C25H32N4O4Si. The Morgan fingerprint density at radius 2 is 2.06 bits per heavy atom. The molecule has 3 aromatic rings. The summed E-state index contributed by atoms with van der Waals surface area (Å²) in [4.78, 5) is 19.3. The summed E-state index contributed by atoms with van der Waals surface area (Å²) in [6, 6.07) is 12.7. The fraction of sp³-hybridized carbons (Fsp3) is 0.440. The first-order valence-corrected chi connectivity index (χ1v) is 15.5. The van der Waals surface area contributed by atoms with Crippen LogP contribution in [0.3, 0.4) is 0 Å². The van der Waals surface area contributed by atoms with Gasteiger partial charge >= 0.3 is 0 Å². The molecule has 1 amide bonds. The van der Waals surface area contributed by atoms with Gasteiger partial charge in [-0.2, -0.15) is 4.98 Å². The summed E-state index contributed by atoms with van der Waals surface area (Å²) in [6.07, 6.45) is 2.58. The van der Waals surface area contributed by atoms with E-state index >= 15 is 0 Å². The molecule has 0 bridgehead atoms. The fourth-order valence-corrected chi connectivity index (χ4v) is 5.38. The zero-order chi connectivity index (χ0) is 23.9. The lowest BCUT2D eigenvalue weighted by Gasteiger charge is -2.45. The highest BCUT2D eigenvalue weighted by atomic mass is 28.3. The van der Waals surface area contributed by atoms with Crippen molar-refractivity contribution in [2.75, 3.05) is 24.7 Å². The summed E-state index contributed by atoms with van der Waals surface area (Å²) in [5.41, 5.74) is 8.63. The van der Waals surface area contributed by atoms with Crippen LogP contribution >= 0.6 is 0 Å². The van der Waals surface area contributed by atoms with Crippen molar-refractivity contribution in [3.63, 3.8) is 0 Å². The lowest BCUT2D eigenvalue weighted by atomic mass is 9.98. The molecule has 1 fully saturated rings. The van der Waals surface area contributed by atoms with Crippen LogP contribution in [0.4, 0.5) is 11.4 Å². The summed E-state index contributed by atoms with van der Waals surface area (Å²) in [5, 5.41) is 0.989. The molecule has 180 valence electrons. The van der Waals surface area contributed by atoms with Crippen molar-refractivity contribution in [1.82, 2.24) is 9.55 Å². The number of hydrogen-bond acceptors (Lipinski definition) is 6. The highest BCUT2D eigenvalue weighted by molar-refractivity contribution is 6.76. The number of primary amides is 1. The van der Waals surface area contributed by atoms with Gasteiger partial charge in [0.15, 0.2) is 0 Å². The second kappa shape index (κ2) is 9.05.